The van der Waals surface area contributed by atoms with Gasteiger partial charge in [0, 0.05) is 6.42 Å². The number of tetrazole rings is 1. The lowest BCUT2D eigenvalue weighted by Crippen LogP contribution is -2.06. The van der Waals surface area contributed by atoms with Crippen molar-refractivity contribution in [1.29, 1.82) is 5.26 Å². The number of nitrogens with zero attached hydrogens (tertiary/aromatic N) is 5. The van der Waals surface area contributed by atoms with Crippen molar-refractivity contribution in [2.24, 2.45) is 0 Å². The quantitative estimate of drug-likeness (QED) is 0.764. The van der Waals surface area contributed by atoms with Gasteiger partial charge in [-0.05, 0) is 47.6 Å². The van der Waals surface area contributed by atoms with E-state index in [9.17, 15) is 0 Å². The number of aryl methyl sites for hydroxylation is 2. The highest BCUT2D eigenvalue weighted by molar-refractivity contribution is 7.98. The molecule has 6 heteroatoms. The maximum atomic E-state index is 8.51. The van der Waals surface area contributed by atoms with Gasteiger partial charge < -0.3 is 0 Å². The molecule has 0 aliphatic rings. The van der Waals surface area contributed by atoms with Gasteiger partial charge in [-0.1, -0.05) is 18.2 Å². The van der Waals surface area contributed by atoms with Crippen LogP contribution in [0.5, 0.6) is 0 Å². The van der Waals surface area contributed by atoms with E-state index in [1.54, 1.807) is 11.8 Å². The van der Waals surface area contributed by atoms with E-state index in [0.29, 0.717) is 6.42 Å². The molecule has 1 aromatic carbocycles. The van der Waals surface area contributed by atoms with Crippen molar-refractivity contribution in [3.8, 4) is 11.8 Å². The van der Waals surface area contributed by atoms with Gasteiger partial charge in [0.2, 0.25) is 0 Å². The Hall–Kier alpha value is -1.87. The number of hydrogen-bond acceptors (Lipinski definition) is 5. The van der Waals surface area contributed by atoms with Gasteiger partial charge in [0.1, 0.15) is 0 Å². The van der Waals surface area contributed by atoms with Crippen molar-refractivity contribution in [1.82, 2.24) is 20.2 Å². The second-order valence-electron chi connectivity index (χ2n) is 4.56. The molecule has 0 aliphatic carbocycles. The zero-order valence-electron chi connectivity index (χ0n) is 11.7. The molecule has 0 N–H and O–H groups in total. The molecule has 20 heavy (non-hydrogen) atoms. The molecule has 0 unspecified atom stereocenters. The van der Waals surface area contributed by atoms with Crippen LogP contribution in [0.25, 0.3) is 5.69 Å². The van der Waals surface area contributed by atoms with Crippen molar-refractivity contribution < 1.29 is 0 Å². The first-order chi connectivity index (χ1) is 9.74. The zero-order valence-corrected chi connectivity index (χ0v) is 12.5. The van der Waals surface area contributed by atoms with E-state index < -0.39 is 0 Å². The third-order valence-electron chi connectivity index (χ3n) is 2.99. The standard InChI is InChI=1S/C14H17N5S/c1-11-6-5-7-12(2)14(11)19-13(16-17-18-19)10-20-9-4-3-8-15/h5-7H,3-4,9-10H2,1-2H3. The molecule has 1 heterocycles. The van der Waals surface area contributed by atoms with Crippen LogP contribution in [0, 0.1) is 25.2 Å². The third-order valence-corrected chi connectivity index (χ3v) is 4.03. The maximum absolute atomic E-state index is 8.51. The highest BCUT2D eigenvalue weighted by Crippen LogP contribution is 2.20. The fraction of sp³-hybridized carbons (Fsp3) is 0.429. The van der Waals surface area contributed by atoms with E-state index in [-0.39, 0.29) is 0 Å². The van der Waals surface area contributed by atoms with Crippen LogP contribution in [0.1, 0.15) is 29.8 Å². The first-order valence-corrected chi connectivity index (χ1v) is 7.68. The highest BCUT2D eigenvalue weighted by atomic mass is 32.2. The number of benzene rings is 1. The molecule has 0 atom stereocenters. The van der Waals surface area contributed by atoms with E-state index in [2.05, 4.69) is 47.6 Å². The summed E-state index contributed by atoms with van der Waals surface area (Å²) in [5.41, 5.74) is 3.38. The number of rotatable bonds is 6. The summed E-state index contributed by atoms with van der Waals surface area (Å²) < 4.78 is 1.82. The Kier molecular flexibility index (Phi) is 5.13. The molecule has 0 aliphatic heterocycles. The zero-order chi connectivity index (χ0) is 14.4. The van der Waals surface area contributed by atoms with Gasteiger partial charge in [-0.2, -0.15) is 21.7 Å². The Morgan fingerprint density at radius 3 is 2.75 bits per heavy atom. The van der Waals surface area contributed by atoms with E-state index in [1.807, 2.05) is 10.7 Å². The number of unbranched alkanes of at least 4 members (excludes halogenated alkanes) is 1. The Labute approximate surface area is 123 Å². The molecule has 104 valence electrons. The smallest absolute Gasteiger partial charge is 0.166 e. The number of aromatic nitrogens is 4. The van der Waals surface area contributed by atoms with Crippen molar-refractivity contribution in [3.05, 3.63) is 35.2 Å². The van der Waals surface area contributed by atoms with Crippen LogP contribution in [-0.4, -0.2) is 26.0 Å². The van der Waals surface area contributed by atoms with Crippen molar-refractivity contribution in [2.45, 2.75) is 32.4 Å². The normalized spacial score (nSPS) is 10.4. The second-order valence-corrected chi connectivity index (χ2v) is 5.67. The fourth-order valence-electron chi connectivity index (χ4n) is 2.03. The predicted molar refractivity (Wildman–Crippen MR) is 79.6 cm³/mol. The minimum atomic E-state index is 0.606. The topological polar surface area (TPSA) is 67.4 Å². The first-order valence-electron chi connectivity index (χ1n) is 6.52. The summed E-state index contributed by atoms with van der Waals surface area (Å²) in [6.45, 7) is 4.13. The predicted octanol–water partition coefficient (Wildman–Crippen LogP) is 2.82. The lowest BCUT2D eigenvalue weighted by atomic mass is 10.1. The average molecular weight is 287 g/mol. The van der Waals surface area contributed by atoms with Crippen LogP contribution < -0.4 is 0 Å². The molecule has 5 nitrogen and oxygen atoms in total. The first kappa shape index (κ1) is 14.5. The molecule has 0 amide bonds. The molecular formula is C14H17N5S. The molecule has 0 saturated heterocycles. The lowest BCUT2D eigenvalue weighted by Gasteiger charge is -2.10. The van der Waals surface area contributed by atoms with Crippen LogP contribution in [0.3, 0.4) is 0 Å². The van der Waals surface area contributed by atoms with Crippen molar-refractivity contribution >= 4 is 11.8 Å². The molecule has 0 bridgehead atoms. The van der Waals surface area contributed by atoms with Crippen molar-refractivity contribution in [2.75, 3.05) is 5.75 Å². The summed E-state index contributed by atoms with van der Waals surface area (Å²) in [4.78, 5) is 0. The van der Waals surface area contributed by atoms with Gasteiger partial charge in [0.15, 0.2) is 5.82 Å². The molecule has 2 rings (SSSR count). The van der Waals surface area contributed by atoms with Gasteiger partial charge in [-0.3, -0.25) is 0 Å². The van der Waals surface area contributed by atoms with Gasteiger partial charge in [0.25, 0.3) is 0 Å². The van der Waals surface area contributed by atoms with Crippen LogP contribution >= 0.6 is 11.8 Å². The van der Waals surface area contributed by atoms with Crippen LogP contribution in [0.2, 0.25) is 0 Å². The van der Waals surface area contributed by atoms with Crippen LogP contribution in [0.4, 0.5) is 0 Å². The Morgan fingerprint density at radius 2 is 2.05 bits per heavy atom. The maximum Gasteiger partial charge on any atom is 0.166 e. The average Bonchev–Trinajstić information content (AvgIpc) is 2.87. The number of nitriles is 1. The molecule has 2 aromatic rings. The molecule has 0 fully saturated rings. The minimum Gasteiger partial charge on any atom is -0.198 e. The summed E-state index contributed by atoms with van der Waals surface area (Å²) >= 11 is 1.76. The molecule has 0 saturated carbocycles. The third kappa shape index (κ3) is 3.36. The lowest BCUT2D eigenvalue weighted by molar-refractivity contribution is 0.769. The number of hydrogen-bond donors (Lipinski definition) is 0. The summed E-state index contributed by atoms with van der Waals surface area (Å²) in [6, 6.07) is 8.32. The Balaban J connectivity index is 2.11. The van der Waals surface area contributed by atoms with Crippen molar-refractivity contribution in [3.63, 3.8) is 0 Å². The van der Waals surface area contributed by atoms with Crippen LogP contribution in [0.15, 0.2) is 18.2 Å². The highest BCUT2D eigenvalue weighted by Gasteiger charge is 2.12. The fourth-order valence-corrected chi connectivity index (χ4v) is 2.88. The Bertz CT molecular complexity index is 594. The summed E-state index contributed by atoms with van der Waals surface area (Å²) in [6.07, 6.45) is 1.51. The molecule has 0 spiro atoms. The van der Waals surface area contributed by atoms with Gasteiger partial charge in [0.05, 0.1) is 17.5 Å². The summed E-state index contributed by atoms with van der Waals surface area (Å²) in [5, 5.41) is 20.5. The molecule has 0 radical (unpaired) electrons. The number of thioether (sulfide) groups is 1. The summed E-state index contributed by atoms with van der Waals surface area (Å²) in [5.74, 6) is 2.56. The van der Waals surface area contributed by atoms with Gasteiger partial charge in [-0.25, -0.2) is 0 Å². The van der Waals surface area contributed by atoms with E-state index >= 15 is 0 Å². The minimum absolute atomic E-state index is 0.606. The van der Waals surface area contributed by atoms with E-state index in [1.165, 1.54) is 0 Å². The Morgan fingerprint density at radius 1 is 1.30 bits per heavy atom. The van der Waals surface area contributed by atoms with E-state index in [4.69, 9.17) is 5.26 Å². The largest absolute Gasteiger partial charge is 0.198 e. The SMILES string of the molecule is Cc1cccc(C)c1-n1nnnc1CSCCCC#N. The monoisotopic (exact) mass is 287 g/mol. The molecular weight excluding hydrogens is 270 g/mol. The van der Waals surface area contributed by atoms with Crippen LogP contribution in [-0.2, 0) is 5.75 Å². The summed E-state index contributed by atoms with van der Waals surface area (Å²) in [7, 11) is 0. The van der Waals surface area contributed by atoms with Gasteiger partial charge >= 0.3 is 0 Å². The number of para-hydroxylation sites is 1. The van der Waals surface area contributed by atoms with E-state index in [0.717, 1.165) is 40.6 Å². The second kappa shape index (κ2) is 7.06. The van der Waals surface area contributed by atoms with Gasteiger partial charge in [-0.15, -0.1) is 5.10 Å². The molecule has 1 aromatic heterocycles.